The number of hydrogen-bond acceptors (Lipinski definition) is 21. The second-order valence-electron chi connectivity index (χ2n) is 10.2. The third-order valence-corrected chi connectivity index (χ3v) is 9.88. The average molecular weight is 983 g/mol. The third-order valence-electron chi connectivity index (χ3n) is 5.83. The quantitative estimate of drug-likeness (QED) is 0.0508. The van der Waals surface area contributed by atoms with E-state index in [4.69, 9.17) is 14.2 Å². The lowest BCUT2D eigenvalue weighted by Gasteiger charge is -2.48. The minimum Gasteiger partial charge on any atom is -0.341 e. The molecule has 2 fully saturated rings. The van der Waals surface area contributed by atoms with Gasteiger partial charge in [0.2, 0.25) is 0 Å². The fourth-order valence-electron chi connectivity index (χ4n) is 4.40. The van der Waals surface area contributed by atoms with E-state index < -0.39 is 138 Å². The number of ether oxygens (including phenoxy) is 3. The van der Waals surface area contributed by atoms with Crippen LogP contribution in [-0.2, 0) is 82.4 Å². The summed E-state index contributed by atoms with van der Waals surface area (Å²) < 4.78 is 132. The Labute approximate surface area is 303 Å². The van der Waals surface area contributed by atoms with Crippen molar-refractivity contribution in [2.45, 2.75) is 61.4 Å². The van der Waals surface area contributed by atoms with Crippen LogP contribution < -0.4 is 0 Å². The van der Waals surface area contributed by atoms with E-state index in [1.807, 2.05) is 0 Å². The fourth-order valence-corrected chi connectivity index (χ4v) is 8.30. The molecule has 0 aromatic rings. The monoisotopic (exact) mass is 983 g/mol. The predicted molar refractivity (Wildman–Crippen MR) is 157 cm³/mol. The lowest BCUT2D eigenvalue weighted by molar-refractivity contribution is -0.345. The molecule has 2 aliphatic heterocycles. The van der Waals surface area contributed by atoms with Crippen LogP contribution in [0.15, 0.2) is 0 Å². The van der Waals surface area contributed by atoms with Crippen molar-refractivity contribution in [2.24, 2.45) is 0 Å². The van der Waals surface area contributed by atoms with Crippen LogP contribution in [0, 0.1) is 0 Å². The van der Waals surface area contributed by atoms with Crippen molar-refractivity contribution in [3.8, 4) is 0 Å². The molecule has 0 saturated carbocycles. The van der Waals surface area contributed by atoms with Crippen molar-refractivity contribution in [1.29, 1.82) is 0 Å². The lowest BCUT2D eigenvalue weighted by atomic mass is 9.97. The van der Waals surface area contributed by atoms with Gasteiger partial charge in [0.25, 0.3) is 0 Å². The highest BCUT2D eigenvalue weighted by Crippen LogP contribution is 2.55. The van der Waals surface area contributed by atoms with Gasteiger partial charge in [-0.15, -0.1) is 4.52 Å². The van der Waals surface area contributed by atoms with Crippen molar-refractivity contribution in [3.05, 3.63) is 0 Å². The molecule has 10 atom stereocenters. The summed E-state index contributed by atoms with van der Waals surface area (Å²) in [5.74, 6) is 0. The molecule has 2 heterocycles. The molecule has 5 unspecified atom stereocenters. The first-order valence-electron chi connectivity index (χ1n) is 13.0. The molecular formula is C12H31O35P8+. The maximum Gasteiger partial charge on any atom is 0.567 e. The molecule has 0 bridgehead atoms. The van der Waals surface area contributed by atoms with Gasteiger partial charge in [0.15, 0.2) is 24.8 Å². The lowest BCUT2D eigenvalue weighted by Crippen LogP contribution is -2.66. The van der Waals surface area contributed by atoms with Crippen LogP contribution in [0.2, 0.25) is 0 Å². The van der Waals surface area contributed by atoms with Crippen LogP contribution in [-0.4, -0.2) is 158 Å². The van der Waals surface area contributed by atoms with E-state index in [1.54, 1.807) is 0 Å². The smallest absolute Gasteiger partial charge is 0.341 e. The third kappa shape index (κ3) is 20.4. The molecule has 17 N–H and O–H groups in total. The fraction of sp³-hybridized carbons (Fsp3) is 1.00. The Morgan fingerprint density at radius 2 is 0.727 bits per heavy atom. The van der Waals surface area contributed by atoms with E-state index in [0.29, 0.717) is 0 Å². The molecular weight excluding hydrogens is 952 g/mol. The van der Waals surface area contributed by atoms with Gasteiger partial charge in [-0.3, -0.25) is 31.7 Å². The van der Waals surface area contributed by atoms with Gasteiger partial charge in [0.05, 0.1) is 13.2 Å². The maximum absolute atomic E-state index is 12.0. The van der Waals surface area contributed by atoms with Gasteiger partial charge < -0.3 is 82.7 Å². The van der Waals surface area contributed by atoms with Crippen LogP contribution in [0.5, 0.6) is 0 Å². The first-order valence-corrected chi connectivity index (χ1v) is 25.3. The minimum atomic E-state index is -6.18. The summed E-state index contributed by atoms with van der Waals surface area (Å²) in [4.78, 5) is 161. The van der Waals surface area contributed by atoms with E-state index in [0.717, 1.165) is 0 Å². The number of phosphoric acid groups is 7. The first-order chi connectivity index (χ1) is 24.2. The zero-order valence-electron chi connectivity index (χ0n) is 25.7. The van der Waals surface area contributed by atoms with E-state index >= 15 is 0 Å². The highest BCUT2D eigenvalue weighted by Gasteiger charge is 2.61. The number of rotatable bonds is 20. The van der Waals surface area contributed by atoms with Crippen molar-refractivity contribution in [1.82, 2.24) is 0 Å². The van der Waals surface area contributed by atoms with Gasteiger partial charge in [-0.25, -0.2) is 32.0 Å². The summed E-state index contributed by atoms with van der Waals surface area (Å²) in [6.07, 6.45) is -29.7. The molecule has 0 aromatic heterocycles. The van der Waals surface area contributed by atoms with E-state index in [1.165, 1.54) is 0 Å². The zero-order valence-corrected chi connectivity index (χ0v) is 32.9. The average Bonchev–Trinajstić information content (AvgIpc) is 2.88. The Morgan fingerprint density at radius 3 is 1.09 bits per heavy atom. The van der Waals surface area contributed by atoms with Gasteiger partial charge >= 0.3 is 62.9 Å². The molecule has 0 spiro atoms. The van der Waals surface area contributed by atoms with Gasteiger partial charge in [-0.05, 0) is 0 Å². The van der Waals surface area contributed by atoms with Crippen LogP contribution >= 0.6 is 62.9 Å². The van der Waals surface area contributed by atoms with Crippen LogP contribution in [0.3, 0.4) is 0 Å². The summed E-state index contributed by atoms with van der Waals surface area (Å²) in [7, 11) is -47.8. The number of hydrogen-bond donors (Lipinski definition) is 17. The van der Waals surface area contributed by atoms with Gasteiger partial charge in [-0.2, -0.15) is 14.7 Å². The summed E-state index contributed by atoms with van der Waals surface area (Å²) in [6.45, 7) is -3.47. The molecule has 0 amide bonds. The number of phosphoric ester groups is 7. The zero-order chi connectivity index (χ0) is 43.0. The normalized spacial score (nSPS) is 31.1. The second kappa shape index (κ2) is 18.9. The summed E-state index contributed by atoms with van der Waals surface area (Å²) in [5.41, 5.74) is 0. The van der Waals surface area contributed by atoms with Crippen LogP contribution in [0.25, 0.3) is 0 Å². The molecule has 2 rings (SSSR count). The molecule has 0 aliphatic carbocycles. The van der Waals surface area contributed by atoms with Crippen LogP contribution in [0.4, 0.5) is 0 Å². The topological polar surface area (TPSA) is 565 Å². The Hall–Kier alpha value is 0.920. The van der Waals surface area contributed by atoms with Crippen molar-refractivity contribution in [2.75, 3.05) is 13.2 Å². The summed E-state index contributed by atoms with van der Waals surface area (Å²) in [5, 5.41) is 0. The molecule has 2 aliphatic rings. The van der Waals surface area contributed by atoms with E-state index in [-0.39, 0.29) is 0 Å². The molecule has 35 nitrogen and oxygen atoms in total. The predicted octanol–water partition coefficient (Wildman–Crippen LogP) is -4.90. The Morgan fingerprint density at radius 1 is 0.400 bits per heavy atom. The Balaban J connectivity index is 2.96. The SMILES string of the molecule is O=P(O)(O)OCC1O[C@@H](O[C@@H]2C(COP(=O)(O)O)OC(OP(=O)(O)O)C(OP(=O)(O)O)[C@H]2O[P+](O)(O)O)[C@@H](OP(=O)(O)O)C(OP(=O)(O)O)[C@H]1OP(=O)(O)O. The Kier molecular flexibility index (Phi) is 17.9. The Bertz CT molecular complexity index is 1620. The van der Waals surface area contributed by atoms with Gasteiger partial charge in [-0.1, -0.05) is 0 Å². The summed E-state index contributed by atoms with van der Waals surface area (Å²) in [6, 6.07) is 0. The van der Waals surface area contributed by atoms with E-state index in [2.05, 4.69) is 36.2 Å². The van der Waals surface area contributed by atoms with Crippen molar-refractivity contribution in [3.63, 3.8) is 0 Å². The van der Waals surface area contributed by atoms with Crippen molar-refractivity contribution >= 4 is 62.9 Å². The molecule has 55 heavy (non-hydrogen) atoms. The molecule has 0 aromatic carbocycles. The molecule has 328 valence electrons. The van der Waals surface area contributed by atoms with E-state index in [9.17, 15) is 115 Å². The summed E-state index contributed by atoms with van der Waals surface area (Å²) >= 11 is 0. The second-order valence-corrected chi connectivity index (χ2v) is 19.9. The molecule has 2 saturated heterocycles. The van der Waals surface area contributed by atoms with Gasteiger partial charge in [0, 0.05) is 0 Å². The first kappa shape index (κ1) is 52.1. The standard InChI is InChI=1S/C12H30O35P8/c13-48(14,15)37-1-3-5(7(43-51(22,23)24)10(46-54(31,32)33)12(40-3)47-55(34,35)36)41-11-9(45-53(28,29)30)8(44-52(25,26)27)6(42-50(19,20)21)4(39-11)2-38-49(16,17)18/h3-12,22-24H,1-2H2,(H13-,13,14,15,16,17,18,19,20,21,25,26,27,28,29,30,31,32,33,34,35,36)/p+1/t3?,4?,5-,6+,7+,8?,9+,10?,11+,12?/m1/s1. The maximum atomic E-state index is 12.0. The van der Waals surface area contributed by atoms with Crippen molar-refractivity contribution < 1.29 is 166 Å². The molecule has 0 radical (unpaired) electrons. The minimum absolute atomic E-state index is 1.73. The van der Waals surface area contributed by atoms with Gasteiger partial charge in [0.1, 0.15) is 36.6 Å². The molecule has 43 heteroatoms. The highest BCUT2D eigenvalue weighted by molar-refractivity contribution is 7.53. The van der Waals surface area contributed by atoms with Crippen LogP contribution in [0.1, 0.15) is 0 Å². The largest absolute Gasteiger partial charge is 0.567 e. The highest BCUT2D eigenvalue weighted by atomic mass is 31.2.